The van der Waals surface area contributed by atoms with E-state index in [1.165, 1.54) is 17.6 Å². The van der Waals surface area contributed by atoms with Gasteiger partial charge in [-0.25, -0.2) is 5.48 Å². The number of hydrogen-bond donors (Lipinski definition) is 2. The summed E-state index contributed by atoms with van der Waals surface area (Å²) in [5, 5.41) is 8.22. The minimum absolute atomic E-state index is 0.538. The van der Waals surface area contributed by atoms with Gasteiger partial charge >= 0.3 is 0 Å². The molecule has 0 radical (unpaired) electrons. The van der Waals surface area contributed by atoms with Crippen molar-refractivity contribution in [1.82, 2.24) is 10.0 Å². The van der Waals surface area contributed by atoms with Gasteiger partial charge in [-0.05, 0) is 12.1 Å². The van der Waals surface area contributed by atoms with Crippen LogP contribution in [0.25, 0.3) is 6.08 Å². The van der Waals surface area contributed by atoms with Gasteiger partial charge in [0.25, 0.3) is 5.91 Å². The molecule has 1 aromatic rings. The van der Waals surface area contributed by atoms with Crippen LogP contribution in [0.15, 0.2) is 18.3 Å². The maximum atomic E-state index is 10.6. The highest BCUT2D eigenvalue weighted by atomic mass is 16.5. The summed E-state index contributed by atoms with van der Waals surface area (Å²) in [6, 6.07) is 1.63. The summed E-state index contributed by atoms with van der Waals surface area (Å²) in [5.74, 6) is -0.612. The summed E-state index contributed by atoms with van der Waals surface area (Å²) in [7, 11) is 1.75. The van der Waals surface area contributed by atoms with Crippen LogP contribution < -0.4 is 5.48 Å². The molecule has 5 nitrogen and oxygen atoms in total. The molecule has 0 aliphatic rings. The highest BCUT2D eigenvalue weighted by molar-refractivity contribution is 5.90. The SMILES string of the molecule is Cn1cc(C=O)cc1/C=C/C(=O)NO. The molecule has 0 aliphatic heterocycles. The van der Waals surface area contributed by atoms with Crippen LogP contribution in [-0.2, 0) is 11.8 Å². The lowest BCUT2D eigenvalue weighted by molar-refractivity contribution is -0.124. The largest absolute Gasteiger partial charge is 0.350 e. The van der Waals surface area contributed by atoms with E-state index < -0.39 is 5.91 Å². The number of carbonyl (C=O) groups excluding carboxylic acids is 2. The summed E-state index contributed by atoms with van der Waals surface area (Å²) < 4.78 is 1.70. The first-order valence-corrected chi connectivity index (χ1v) is 3.91. The molecule has 1 rings (SSSR count). The van der Waals surface area contributed by atoms with E-state index in [1.54, 1.807) is 23.9 Å². The zero-order chi connectivity index (χ0) is 10.6. The summed E-state index contributed by atoms with van der Waals surface area (Å²) in [6.45, 7) is 0. The molecule has 0 saturated heterocycles. The predicted molar refractivity (Wildman–Crippen MR) is 49.8 cm³/mol. The van der Waals surface area contributed by atoms with E-state index in [1.807, 2.05) is 0 Å². The van der Waals surface area contributed by atoms with Gasteiger partial charge in [0, 0.05) is 30.6 Å². The smallest absolute Gasteiger partial charge is 0.267 e. The number of aldehydes is 1. The Labute approximate surface area is 80.6 Å². The fourth-order valence-electron chi connectivity index (χ4n) is 1.04. The molecule has 0 unspecified atom stereocenters. The summed E-state index contributed by atoms with van der Waals surface area (Å²) in [5.41, 5.74) is 2.71. The molecule has 5 heteroatoms. The predicted octanol–water partition coefficient (Wildman–Crippen LogP) is 0.356. The Bertz CT molecular complexity index is 379. The van der Waals surface area contributed by atoms with Crippen molar-refractivity contribution in [3.8, 4) is 0 Å². The normalized spacial score (nSPS) is 10.4. The van der Waals surface area contributed by atoms with Crippen LogP contribution in [0.5, 0.6) is 0 Å². The number of rotatable bonds is 3. The fourth-order valence-corrected chi connectivity index (χ4v) is 1.04. The van der Waals surface area contributed by atoms with E-state index in [2.05, 4.69) is 0 Å². The number of nitrogens with zero attached hydrogens (tertiary/aromatic N) is 1. The third-order valence-corrected chi connectivity index (χ3v) is 1.72. The third kappa shape index (κ3) is 2.30. The number of hydroxylamine groups is 1. The van der Waals surface area contributed by atoms with Gasteiger partial charge in [0.15, 0.2) is 6.29 Å². The second-order valence-electron chi connectivity index (χ2n) is 2.74. The highest BCUT2D eigenvalue weighted by Crippen LogP contribution is 2.06. The van der Waals surface area contributed by atoms with Gasteiger partial charge in [0.2, 0.25) is 0 Å². The van der Waals surface area contributed by atoms with Gasteiger partial charge in [0.1, 0.15) is 0 Å². The first kappa shape index (κ1) is 10.2. The lowest BCUT2D eigenvalue weighted by Crippen LogP contribution is -2.14. The van der Waals surface area contributed by atoms with Gasteiger partial charge in [0.05, 0.1) is 0 Å². The molecule has 0 bridgehead atoms. The Hall–Kier alpha value is -1.88. The van der Waals surface area contributed by atoms with Crippen LogP contribution in [0.2, 0.25) is 0 Å². The molecular weight excluding hydrogens is 184 g/mol. The second-order valence-corrected chi connectivity index (χ2v) is 2.74. The van der Waals surface area contributed by atoms with Crippen molar-refractivity contribution >= 4 is 18.3 Å². The van der Waals surface area contributed by atoms with Crippen molar-refractivity contribution in [2.24, 2.45) is 7.05 Å². The molecule has 1 amide bonds. The molecule has 74 valence electrons. The number of aryl methyl sites for hydroxylation is 1. The maximum Gasteiger partial charge on any atom is 0.267 e. The summed E-state index contributed by atoms with van der Waals surface area (Å²) in [6.07, 6.45) is 5.04. The van der Waals surface area contributed by atoms with Crippen molar-refractivity contribution in [3.63, 3.8) is 0 Å². The molecule has 2 N–H and O–H groups in total. The zero-order valence-corrected chi connectivity index (χ0v) is 7.60. The van der Waals surface area contributed by atoms with Crippen molar-refractivity contribution in [2.75, 3.05) is 0 Å². The van der Waals surface area contributed by atoms with Crippen LogP contribution in [0.4, 0.5) is 0 Å². The van der Waals surface area contributed by atoms with Gasteiger partial charge in [-0.2, -0.15) is 0 Å². The van der Waals surface area contributed by atoms with E-state index in [0.717, 1.165) is 6.29 Å². The second kappa shape index (κ2) is 4.38. The van der Waals surface area contributed by atoms with Crippen LogP contribution in [0.1, 0.15) is 16.1 Å². The molecule has 0 fully saturated rings. The molecule has 0 atom stereocenters. The Kier molecular flexibility index (Phi) is 3.19. The van der Waals surface area contributed by atoms with Crippen molar-refractivity contribution in [1.29, 1.82) is 0 Å². The van der Waals surface area contributed by atoms with E-state index in [4.69, 9.17) is 5.21 Å². The monoisotopic (exact) mass is 194 g/mol. The molecule has 1 aromatic heterocycles. The Balaban J connectivity index is 2.85. The van der Waals surface area contributed by atoms with Gasteiger partial charge < -0.3 is 4.57 Å². The van der Waals surface area contributed by atoms with E-state index in [-0.39, 0.29) is 0 Å². The Morgan fingerprint density at radius 1 is 1.64 bits per heavy atom. The average molecular weight is 194 g/mol. The number of amides is 1. The van der Waals surface area contributed by atoms with Crippen LogP contribution in [0.3, 0.4) is 0 Å². The Morgan fingerprint density at radius 3 is 2.86 bits per heavy atom. The van der Waals surface area contributed by atoms with Crippen molar-refractivity contribution < 1.29 is 14.8 Å². The fraction of sp³-hybridized carbons (Fsp3) is 0.111. The lowest BCUT2D eigenvalue weighted by atomic mass is 10.3. The quantitative estimate of drug-likeness (QED) is 0.316. The molecule has 1 heterocycles. The number of carbonyl (C=O) groups is 2. The van der Waals surface area contributed by atoms with Gasteiger partial charge in [-0.3, -0.25) is 14.8 Å². The number of nitrogens with one attached hydrogen (secondary N) is 1. The summed E-state index contributed by atoms with van der Waals surface area (Å²) >= 11 is 0. The van der Waals surface area contributed by atoms with E-state index in [0.29, 0.717) is 11.3 Å². The third-order valence-electron chi connectivity index (χ3n) is 1.72. The van der Waals surface area contributed by atoms with Gasteiger partial charge in [-0.15, -0.1) is 0 Å². The number of aromatic nitrogens is 1. The van der Waals surface area contributed by atoms with Crippen LogP contribution in [0, 0.1) is 0 Å². The van der Waals surface area contributed by atoms with Crippen molar-refractivity contribution in [2.45, 2.75) is 0 Å². The molecule has 0 aliphatic carbocycles. The molecule has 0 spiro atoms. The average Bonchev–Trinajstić information content (AvgIpc) is 2.55. The minimum Gasteiger partial charge on any atom is -0.350 e. The van der Waals surface area contributed by atoms with E-state index >= 15 is 0 Å². The highest BCUT2D eigenvalue weighted by Gasteiger charge is 1.99. The maximum absolute atomic E-state index is 10.6. The minimum atomic E-state index is -0.612. The number of hydrogen-bond acceptors (Lipinski definition) is 3. The molecule has 0 saturated carbocycles. The first-order chi connectivity index (χ1) is 6.67. The standard InChI is InChI=1S/C9H10N2O3/c1-11-5-7(6-12)4-8(11)2-3-9(13)10-14/h2-6,14H,1H3,(H,10,13)/b3-2+. The van der Waals surface area contributed by atoms with Crippen LogP contribution in [-0.4, -0.2) is 22.0 Å². The molecule has 0 aromatic carbocycles. The van der Waals surface area contributed by atoms with Gasteiger partial charge in [-0.1, -0.05) is 0 Å². The summed E-state index contributed by atoms with van der Waals surface area (Å²) in [4.78, 5) is 21.1. The van der Waals surface area contributed by atoms with Crippen molar-refractivity contribution in [3.05, 3.63) is 29.6 Å². The lowest BCUT2D eigenvalue weighted by Gasteiger charge is -1.94. The topological polar surface area (TPSA) is 71.3 Å². The molecule has 14 heavy (non-hydrogen) atoms. The van der Waals surface area contributed by atoms with Crippen LogP contribution >= 0.6 is 0 Å². The Morgan fingerprint density at radius 2 is 2.36 bits per heavy atom. The molecular formula is C9H10N2O3. The zero-order valence-electron chi connectivity index (χ0n) is 7.60. The first-order valence-electron chi connectivity index (χ1n) is 3.91. The van der Waals surface area contributed by atoms with E-state index in [9.17, 15) is 9.59 Å².